The maximum atomic E-state index is 12.4. The minimum Gasteiger partial charge on any atom is -0.353 e. The van der Waals surface area contributed by atoms with Crippen LogP contribution >= 0.6 is 0 Å². The van der Waals surface area contributed by atoms with Crippen LogP contribution in [0.25, 0.3) is 0 Å². The molecule has 1 aliphatic rings. The van der Waals surface area contributed by atoms with Crippen molar-refractivity contribution < 1.29 is 13.2 Å². The van der Waals surface area contributed by atoms with Gasteiger partial charge in [-0.25, -0.2) is 28.5 Å². The first-order valence-corrected chi connectivity index (χ1v) is 11.1. The number of piperazine rings is 1. The van der Waals surface area contributed by atoms with Crippen molar-refractivity contribution in [2.24, 2.45) is 5.14 Å². The molecule has 1 fully saturated rings. The van der Waals surface area contributed by atoms with Crippen molar-refractivity contribution in [1.29, 1.82) is 0 Å². The van der Waals surface area contributed by atoms with E-state index in [0.717, 1.165) is 32.0 Å². The first kappa shape index (κ1) is 20.7. The molecule has 3 N–H and O–H groups in total. The first-order chi connectivity index (χ1) is 14.9. The number of sulfonamides is 1. The lowest BCUT2D eigenvalue weighted by Gasteiger charge is -2.35. The number of rotatable bonds is 5. The Balaban J connectivity index is 1.35. The zero-order valence-corrected chi connectivity index (χ0v) is 17.4. The number of nitrogens with one attached hydrogen (secondary N) is 1. The Bertz CT molecular complexity index is 1150. The number of nitrogens with two attached hydrogens (primary N) is 1. The number of pyridine rings is 1. The van der Waals surface area contributed by atoms with Gasteiger partial charge in [0.05, 0.1) is 23.0 Å². The van der Waals surface area contributed by atoms with Crippen LogP contribution in [0.3, 0.4) is 0 Å². The lowest BCUT2D eigenvalue weighted by molar-refractivity contribution is 0.102. The van der Waals surface area contributed by atoms with E-state index in [1.807, 2.05) is 18.2 Å². The molecule has 1 amide bonds. The quantitative estimate of drug-likeness (QED) is 0.603. The van der Waals surface area contributed by atoms with Gasteiger partial charge in [0.25, 0.3) is 5.91 Å². The van der Waals surface area contributed by atoms with Crippen LogP contribution in [-0.2, 0) is 10.0 Å². The second kappa shape index (κ2) is 8.66. The number of nitrogens with zero attached hydrogens (tertiary/aromatic N) is 5. The van der Waals surface area contributed by atoms with E-state index in [1.54, 1.807) is 18.6 Å². The average molecular weight is 440 g/mol. The minimum absolute atomic E-state index is 0.0557. The number of amides is 1. The van der Waals surface area contributed by atoms with Crippen molar-refractivity contribution in [3.63, 3.8) is 0 Å². The summed E-state index contributed by atoms with van der Waals surface area (Å²) in [5, 5.41) is 7.76. The second-order valence-electron chi connectivity index (χ2n) is 6.96. The Kier molecular flexibility index (Phi) is 5.78. The predicted molar refractivity (Wildman–Crippen MR) is 116 cm³/mol. The predicted octanol–water partition coefficient (Wildman–Crippen LogP) is 1.10. The van der Waals surface area contributed by atoms with Crippen LogP contribution in [-0.4, -0.2) is 55.5 Å². The van der Waals surface area contributed by atoms with Crippen molar-refractivity contribution in [2.75, 3.05) is 41.3 Å². The van der Waals surface area contributed by atoms with Gasteiger partial charge in [-0.2, -0.15) is 0 Å². The summed E-state index contributed by atoms with van der Waals surface area (Å²) in [6, 6.07) is 11.2. The Hall–Kier alpha value is -3.57. The van der Waals surface area contributed by atoms with Crippen LogP contribution in [0, 0.1) is 0 Å². The standard InChI is InChI=1S/C20H21N7O3S/c21-31(29,30)17-6-4-15(5-7-17)19(28)25-16-13-23-20(24-14-16)27-11-9-26(10-12-27)18-3-1-2-8-22-18/h1-8,13-14H,9-12H2,(H,25,28)(H2,21,29,30). The van der Waals surface area contributed by atoms with Gasteiger partial charge in [-0.3, -0.25) is 4.79 Å². The van der Waals surface area contributed by atoms with E-state index in [1.165, 1.54) is 24.3 Å². The zero-order valence-electron chi connectivity index (χ0n) is 16.5. The molecule has 160 valence electrons. The van der Waals surface area contributed by atoms with E-state index >= 15 is 0 Å². The first-order valence-electron chi connectivity index (χ1n) is 9.57. The minimum atomic E-state index is -3.80. The smallest absolute Gasteiger partial charge is 0.255 e. The lowest BCUT2D eigenvalue weighted by atomic mass is 10.2. The number of aromatic nitrogens is 3. The molecule has 11 heteroatoms. The summed E-state index contributed by atoms with van der Waals surface area (Å²) in [6.07, 6.45) is 4.88. The third kappa shape index (κ3) is 4.95. The Morgan fingerprint density at radius 3 is 2.13 bits per heavy atom. The molecule has 0 spiro atoms. The van der Waals surface area contributed by atoms with Gasteiger partial charge in [0.2, 0.25) is 16.0 Å². The number of hydrogen-bond acceptors (Lipinski definition) is 8. The molecule has 0 aliphatic carbocycles. The number of primary sulfonamides is 1. The van der Waals surface area contributed by atoms with Crippen LogP contribution in [0.2, 0.25) is 0 Å². The van der Waals surface area contributed by atoms with Crippen molar-refractivity contribution in [1.82, 2.24) is 15.0 Å². The highest BCUT2D eigenvalue weighted by Crippen LogP contribution is 2.17. The Morgan fingerprint density at radius 2 is 1.55 bits per heavy atom. The molecule has 0 bridgehead atoms. The molecule has 3 aromatic rings. The third-order valence-corrected chi connectivity index (χ3v) is 5.81. The van der Waals surface area contributed by atoms with Gasteiger partial charge in [-0.1, -0.05) is 6.07 Å². The average Bonchev–Trinajstić information content (AvgIpc) is 2.80. The molecule has 31 heavy (non-hydrogen) atoms. The fraction of sp³-hybridized carbons (Fsp3) is 0.200. The molecule has 0 unspecified atom stereocenters. The Labute approximate surface area is 179 Å². The Morgan fingerprint density at radius 1 is 0.903 bits per heavy atom. The number of hydrogen-bond donors (Lipinski definition) is 2. The van der Waals surface area contributed by atoms with E-state index in [4.69, 9.17) is 5.14 Å². The van der Waals surface area contributed by atoms with Crippen LogP contribution < -0.4 is 20.3 Å². The van der Waals surface area contributed by atoms with E-state index < -0.39 is 15.9 Å². The van der Waals surface area contributed by atoms with Gasteiger partial charge in [0, 0.05) is 37.9 Å². The summed E-state index contributed by atoms with van der Waals surface area (Å²) >= 11 is 0. The fourth-order valence-corrected chi connectivity index (χ4v) is 3.74. The highest BCUT2D eigenvalue weighted by molar-refractivity contribution is 7.89. The number of carbonyl (C=O) groups is 1. The molecule has 0 radical (unpaired) electrons. The fourth-order valence-electron chi connectivity index (χ4n) is 3.22. The topological polar surface area (TPSA) is 134 Å². The number of benzene rings is 1. The number of anilines is 3. The SMILES string of the molecule is NS(=O)(=O)c1ccc(C(=O)Nc2cnc(N3CCN(c4ccccn4)CC3)nc2)cc1. The highest BCUT2D eigenvalue weighted by Gasteiger charge is 2.20. The molecule has 1 aromatic carbocycles. The van der Waals surface area contributed by atoms with E-state index in [2.05, 4.69) is 30.1 Å². The second-order valence-corrected chi connectivity index (χ2v) is 8.52. The van der Waals surface area contributed by atoms with Gasteiger partial charge in [0.15, 0.2) is 0 Å². The van der Waals surface area contributed by atoms with Gasteiger partial charge in [0.1, 0.15) is 5.82 Å². The van der Waals surface area contributed by atoms with Gasteiger partial charge in [-0.05, 0) is 36.4 Å². The summed E-state index contributed by atoms with van der Waals surface area (Å²) in [6.45, 7) is 3.15. The third-order valence-electron chi connectivity index (χ3n) is 4.88. The molecule has 2 aromatic heterocycles. The van der Waals surface area contributed by atoms with Crippen molar-refractivity contribution in [3.8, 4) is 0 Å². The zero-order chi connectivity index (χ0) is 21.8. The summed E-state index contributed by atoms with van der Waals surface area (Å²) in [7, 11) is -3.80. The molecule has 3 heterocycles. The molecule has 4 rings (SSSR count). The van der Waals surface area contributed by atoms with Gasteiger partial charge < -0.3 is 15.1 Å². The van der Waals surface area contributed by atoms with Crippen LogP contribution in [0.15, 0.2) is 66.0 Å². The molecule has 1 saturated heterocycles. The summed E-state index contributed by atoms with van der Waals surface area (Å²) in [4.78, 5) is 29.7. The van der Waals surface area contributed by atoms with Crippen LogP contribution in [0.4, 0.5) is 17.5 Å². The van der Waals surface area contributed by atoms with Crippen LogP contribution in [0.5, 0.6) is 0 Å². The normalized spacial score (nSPS) is 14.4. The van der Waals surface area contributed by atoms with Crippen molar-refractivity contribution in [2.45, 2.75) is 4.90 Å². The van der Waals surface area contributed by atoms with Gasteiger partial charge >= 0.3 is 0 Å². The molecular weight excluding hydrogens is 418 g/mol. The maximum Gasteiger partial charge on any atom is 0.255 e. The molecular formula is C20H21N7O3S. The van der Waals surface area contributed by atoms with Gasteiger partial charge in [-0.15, -0.1) is 0 Å². The van der Waals surface area contributed by atoms with E-state index in [0.29, 0.717) is 17.2 Å². The van der Waals surface area contributed by atoms with Crippen molar-refractivity contribution in [3.05, 3.63) is 66.6 Å². The largest absolute Gasteiger partial charge is 0.353 e. The van der Waals surface area contributed by atoms with Crippen LogP contribution in [0.1, 0.15) is 10.4 Å². The summed E-state index contributed by atoms with van der Waals surface area (Å²) < 4.78 is 22.6. The highest BCUT2D eigenvalue weighted by atomic mass is 32.2. The molecule has 10 nitrogen and oxygen atoms in total. The monoisotopic (exact) mass is 439 g/mol. The van der Waals surface area contributed by atoms with E-state index in [9.17, 15) is 13.2 Å². The van der Waals surface area contributed by atoms with Crippen molar-refractivity contribution >= 4 is 33.4 Å². The molecule has 0 atom stereocenters. The molecule has 0 saturated carbocycles. The maximum absolute atomic E-state index is 12.4. The summed E-state index contributed by atoms with van der Waals surface area (Å²) in [5.74, 6) is 1.15. The lowest BCUT2D eigenvalue weighted by Crippen LogP contribution is -2.47. The van der Waals surface area contributed by atoms with E-state index in [-0.39, 0.29) is 4.90 Å². The number of carbonyl (C=O) groups excluding carboxylic acids is 1. The summed E-state index contributed by atoms with van der Waals surface area (Å²) in [5.41, 5.74) is 0.735. The molecule has 1 aliphatic heterocycles.